The maximum Gasteiger partial charge on any atom is 0.151 e. The van der Waals surface area contributed by atoms with Gasteiger partial charge >= 0.3 is 0 Å². The van der Waals surface area contributed by atoms with Crippen LogP contribution in [0.1, 0.15) is 24.0 Å². The molecule has 0 amide bonds. The molecule has 0 aliphatic carbocycles. The normalized spacial score (nSPS) is 17.5. The highest BCUT2D eigenvalue weighted by Gasteiger charge is 2.19. The third-order valence-corrected chi connectivity index (χ3v) is 4.19. The molecule has 2 nitrogen and oxygen atoms in total. The van der Waals surface area contributed by atoms with E-state index >= 15 is 0 Å². The van der Waals surface area contributed by atoms with Crippen molar-refractivity contribution >= 4 is 21.6 Å². The summed E-state index contributed by atoms with van der Waals surface area (Å²) >= 11 is 3.44. The van der Waals surface area contributed by atoms with Crippen LogP contribution in [-0.4, -0.2) is 11.8 Å². The van der Waals surface area contributed by atoms with E-state index in [9.17, 15) is 0 Å². The van der Waals surface area contributed by atoms with Crippen molar-refractivity contribution in [3.8, 4) is 0 Å². The van der Waals surface area contributed by atoms with Gasteiger partial charge in [0.15, 0.2) is 6.10 Å². The molecule has 0 saturated carbocycles. The standard InChI is InChI=1S/C19H18BrNO/c20-17-12-10-16(11-13-17)19-14-18(22-21-19)9-5-4-8-15-6-2-1-3-7-15/h1-3,5-7,9-13,18H,4,8,14H2/b9-5-/t18-/m0/s1. The highest BCUT2D eigenvalue weighted by atomic mass is 79.9. The lowest BCUT2D eigenvalue weighted by Gasteiger charge is -2.02. The van der Waals surface area contributed by atoms with Crippen LogP contribution in [-0.2, 0) is 11.3 Å². The van der Waals surface area contributed by atoms with Gasteiger partial charge in [0, 0.05) is 10.9 Å². The van der Waals surface area contributed by atoms with Crippen LogP contribution in [0.5, 0.6) is 0 Å². The smallest absolute Gasteiger partial charge is 0.151 e. The summed E-state index contributed by atoms with van der Waals surface area (Å²) in [5.41, 5.74) is 3.51. The molecule has 0 unspecified atom stereocenters. The van der Waals surface area contributed by atoms with E-state index in [1.54, 1.807) is 0 Å². The molecule has 1 aliphatic heterocycles. The Bertz CT molecular complexity index is 662. The van der Waals surface area contributed by atoms with Gasteiger partial charge < -0.3 is 4.84 Å². The number of halogens is 1. The van der Waals surface area contributed by atoms with Gasteiger partial charge in [0.25, 0.3) is 0 Å². The van der Waals surface area contributed by atoms with Crippen LogP contribution in [0.3, 0.4) is 0 Å². The van der Waals surface area contributed by atoms with Crippen molar-refractivity contribution in [3.05, 3.63) is 82.3 Å². The van der Waals surface area contributed by atoms with E-state index in [-0.39, 0.29) is 6.10 Å². The van der Waals surface area contributed by atoms with Crippen LogP contribution in [0, 0.1) is 0 Å². The molecule has 3 rings (SSSR count). The molecule has 0 spiro atoms. The zero-order valence-corrected chi connectivity index (χ0v) is 13.9. The Morgan fingerprint density at radius 2 is 1.86 bits per heavy atom. The average molecular weight is 356 g/mol. The van der Waals surface area contributed by atoms with Crippen LogP contribution >= 0.6 is 15.9 Å². The summed E-state index contributed by atoms with van der Waals surface area (Å²) in [7, 11) is 0. The van der Waals surface area contributed by atoms with Crippen molar-refractivity contribution in [1.82, 2.24) is 0 Å². The molecule has 0 bridgehead atoms. The molecule has 112 valence electrons. The number of hydrogen-bond donors (Lipinski definition) is 0. The Hall–Kier alpha value is -1.87. The van der Waals surface area contributed by atoms with Crippen molar-refractivity contribution in [2.75, 3.05) is 0 Å². The quantitative estimate of drug-likeness (QED) is 0.681. The van der Waals surface area contributed by atoms with Crippen LogP contribution < -0.4 is 0 Å². The summed E-state index contributed by atoms with van der Waals surface area (Å²) in [5, 5.41) is 4.20. The maximum absolute atomic E-state index is 5.49. The van der Waals surface area contributed by atoms with Gasteiger partial charge in [-0.1, -0.05) is 69.6 Å². The van der Waals surface area contributed by atoms with Crippen molar-refractivity contribution in [2.45, 2.75) is 25.4 Å². The zero-order valence-electron chi connectivity index (χ0n) is 12.3. The molecule has 0 N–H and O–H groups in total. The van der Waals surface area contributed by atoms with Crippen molar-refractivity contribution < 1.29 is 4.84 Å². The van der Waals surface area contributed by atoms with Gasteiger partial charge in [0.2, 0.25) is 0 Å². The summed E-state index contributed by atoms with van der Waals surface area (Å²) in [6, 6.07) is 18.7. The highest BCUT2D eigenvalue weighted by Crippen LogP contribution is 2.19. The molecular formula is C19H18BrNO. The van der Waals surface area contributed by atoms with Crippen molar-refractivity contribution in [1.29, 1.82) is 0 Å². The molecule has 1 heterocycles. The maximum atomic E-state index is 5.49. The predicted octanol–water partition coefficient (Wildman–Crippen LogP) is 5.13. The summed E-state index contributed by atoms with van der Waals surface area (Å²) in [6.45, 7) is 0. The first-order valence-electron chi connectivity index (χ1n) is 7.50. The van der Waals surface area contributed by atoms with Crippen LogP contribution in [0.25, 0.3) is 0 Å². The Kier molecular flexibility index (Phi) is 5.07. The molecule has 0 radical (unpaired) electrons. The largest absolute Gasteiger partial charge is 0.388 e. The van der Waals surface area contributed by atoms with E-state index in [0.717, 1.165) is 35.0 Å². The van der Waals surface area contributed by atoms with E-state index in [1.165, 1.54) is 5.56 Å². The fourth-order valence-electron chi connectivity index (χ4n) is 2.46. The Morgan fingerprint density at radius 1 is 1.09 bits per heavy atom. The average Bonchev–Trinajstić information content (AvgIpc) is 3.02. The summed E-state index contributed by atoms with van der Waals surface area (Å²) in [4.78, 5) is 5.49. The van der Waals surface area contributed by atoms with Gasteiger partial charge in [-0.2, -0.15) is 0 Å². The third kappa shape index (κ3) is 4.08. The Balaban J connectivity index is 1.48. The number of rotatable bonds is 5. The minimum absolute atomic E-state index is 0.0643. The van der Waals surface area contributed by atoms with E-state index in [2.05, 4.69) is 69.6 Å². The fraction of sp³-hybridized carbons (Fsp3) is 0.211. The van der Waals surface area contributed by atoms with Crippen LogP contribution in [0.15, 0.2) is 76.4 Å². The minimum atomic E-state index is 0.0643. The lowest BCUT2D eigenvalue weighted by Crippen LogP contribution is -2.04. The second-order valence-electron chi connectivity index (χ2n) is 5.35. The van der Waals surface area contributed by atoms with Crippen molar-refractivity contribution in [3.63, 3.8) is 0 Å². The van der Waals surface area contributed by atoms with Gasteiger partial charge in [-0.3, -0.25) is 0 Å². The molecule has 0 saturated heterocycles. The second kappa shape index (κ2) is 7.41. The molecule has 1 aliphatic rings. The number of aryl methyl sites for hydroxylation is 1. The first-order valence-corrected chi connectivity index (χ1v) is 8.30. The lowest BCUT2D eigenvalue weighted by molar-refractivity contribution is 0.119. The van der Waals surface area contributed by atoms with Gasteiger partial charge in [0.05, 0.1) is 5.71 Å². The van der Waals surface area contributed by atoms with Crippen molar-refractivity contribution in [2.24, 2.45) is 5.16 Å². The molecule has 1 atom stereocenters. The summed E-state index contributed by atoms with van der Waals surface area (Å²) < 4.78 is 1.08. The fourth-order valence-corrected chi connectivity index (χ4v) is 2.72. The second-order valence-corrected chi connectivity index (χ2v) is 6.26. The first-order chi connectivity index (χ1) is 10.8. The molecular weight excluding hydrogens is 338 g/mol. The monoisotopic (exact) mass is 355 g/mol. The molecule has 0 fully saturated rings. The number of oxime groups is 1. The molecule has 0 aromatic heterocycles. The first kappa shape index (κ1) is 15.0. The van der Waals surface area contributed by atoms with E-state index in [0.29, 0.717) is 0 Å². The van der Waals surface area contributed by atoms with Gasteiger partial charge in [0.1, 0.15) is 0 Å². The number of benzene rings is 2. The lowest BCUT2D eigenvalue weighted by atomic mass is 10.0. The minimum Gasteiger partial charge on any atom is -0.388 e. The molecule has 22 heavy (non-hydrogen) atoms. The molecule has 2 aromatic carbocycles. The van der Waals surface area contributed by atoms with E-state index < -0.39 is 0 Å². The summed E-state index contributed by atoms with van der Waals surface area (Å²) in [6.07, 6.45) is 7.30. The SMILES string of the molecule is Brc1ccc(C2=NO[C@@H](/C=C\CCc3ccccc3)C2)cc1. The predicted molar refractivity (Wildman–Crippen MR) is 94.1 cm³/mol. The third-order valence-electron chi connectivity index (χ3n) is 3.66. The molecule has 3 heteroatoms. The van der Waals surface area contributed by atoms with Crippen LogP contribution in [0.2, 0.25) is 0 Å². The van der Waals surface area contributed by atoms with Gasteiger partial charge in [-0.05, 0) is 42.2 Å². The Morgan fingerprint density at radius 3 is 2.64 bits per heavy atom. The number of nitrogens with zero attached hydrogens (tertiary/aromatic N) is 1. The van der Waals surface area contributed by atoms with E-state index in [4.69, 9.17) is 4.84 Å². The Labute approximate surface area is 139 Å². The number of hydrogen-bond acceptors (Lipinski definition) is 2. The topological polar surface area (TPSA) is 21.6 Å². The zero-order chi connectivity index (χ0) is 15.2. The molecule has 2 aromatic rings. The van der Waals surface area contributed by atoms with Gasteiger partial charge in [-0.25, -0.2) is 0 Å². The van der Waals surface area contributed by atoms with E-state index in [1.807, 2.05) is 18.2 Å². The van der Waals surface area contributed by atoms with Gasteiger partial charge in [-0.15, -0.1) is 0 Å². The number of allylic oxidation sites excluding steroid dienone is 1. The van der Waals surface area contributed by atoms with Crippen LogP contribution in [0.4, 0.5) is 0 Å². The highest BCUT2D eigenvalue weighted by molar-refractivity contribution is 9.10. The summed E-state index contributed by atoms with van der Waals surface area (Å²) in [5.74, 6) is 0.